The van der Waals surface area contributed by atoms with Crippen LogP contribution in [0.15, 0.2) is 90.0 Å². The van der Waals surface area contributed by atoms with Crippen LogP contribution >= 0.6 is 0 Å². The van der Waals surface area contributed by atoms with E-state index in [0.717, 1.165) is 10.8 Å². The van der Waals surface area contributed by atoms with Crippen LogP contribution < -0.4 is 24.4 Å². The number of nitrogens with zero attached hydrogens (tertiary/aromatic N) is 1. The number of ether oxygens (including phenoxy) is 4. The molecule has 0 aliphatic rings. The summed E-state index contributed by atoms with van der Waals surface area (Å²) >= 11 is 0. The average Bonchev–Trinajstić information content (AvgIpc) is 2.94. The van der Waals surface area contributed by atoms with Crippen molar-refractivity contribution in [3.05, 3.63) is 96.1 Å². The molecule has 0 saturated heterocycles. The zero-order valence-corrected chi connectivity index (χ0v) is 21.3. The van der Waals surface area contributed by atoms with Crippen LogP contribution in [0.3, 0.4) is 0 Å². The van der Waals surface area contributed by atoms with Gasteiger partial charge in [0.25, 0.3) is 5.91 Å². The molecule has 1 amide bonds. The van der Waals surface area contributed by atoms with Crippen molar-refractivity contribution >= 4 is 28.9 Å². The van der Waals surface area contributed by atoms with Gasteiger partial charge in [0, 0.05) is 5.39 Å². The topological polar surface area (TPSA) is 95.5 Å². The highest BCUT2D eigenvalue weighted by Crippen LogP contribution is 2.29. The third-order valence-electron chi connectivity index (χ3n) is 5.60. The molecule has 8 nitrogen and oxygen atoms in total. The molecule has 8 heteroatoms. The van der Waals surface area contributed by atoms with Gasteiger partial charge in [-0.2, -0.15) is 5.10 Å². The van der Waals surface area contributed by atoms with Crippen LogP contribution in [0, 0.1) is 0 Å². The van der Waals surface area contributed by atoms with Crippen molar-refractivity contribution < 1.29 is 28.5 Å². The summed E-state index contributed by atoms with van der Waals surface area (Å²) in [4.78, 5) is 25.1. The molecule has 0 fully saturated rings. The second-order valence-corrected chi connectivity index (χ2v) is 8.23. The van der Waals surface area contributed by atoms with E-state index >= 15 is 0 Å². The Morgan fingerprint density at radius 1 is 0.921 bits per heavy atom. The minimum absolute atomic E-state index is 0.254. The third-order valence-corrected chi connectivity index (χ3v) is 5.60. The monoisotopic (exact) mass is 512 g/mol. The lowest BCUT2D eigenvalue weighted by Crippen LogP contribution is -2.33. The SMILES string of the molecule is CCOc1ccc(C(=O)Oc2ccc(/C=N/NC(=O)C(C)Oc3cccc4ccccc34)cc2OC)cc1. The van der Waals surface area contributed by atoms with Crippen molar-refractivity contribution in [3.8, 4) is 23.0 Å². The number of hydrogen-bond donors (Lipinski definition) is 1. The number of hydrogen-bond acceptors (Lipinski definition) is 7. The van der Waals surface area contributed by atoms with E-state index in [4.69, 9.17) is 18.9 Å². The van der Waals surface area contributed by atoms with Gasteiger partial charge < -0.3 is 18.9 Å². The number of benzene rings is 4. The van der Waals surface area contributed by atoms with Crippen molar-refractivity contribution in [2.24, 2.45) is 5.10 Å². The number of carbonyl (C=O) groups is 2. The number of amides is 1. The Balaban J connectivity index is 1.36. The highest BCUT2D eigenvalue weighted by atomic mass is 16.6. The number of esters is 1. The van der Waals surface area contributed by atoms with Crippen LogP contribution in [0.1, 0.15) is 29.8 Å². The molecule has 0 aliphatic heterocycles. The van der Waals surface area contributed by atoms with Gasteiger partial charge in [-0.1, -0.05) is 36.4 Å². The lowest BCUT2D eigenvalue weighted by atomic mass is 10.1. The molecule has 38 heavy (non-hydrogen) atoms. The molecule has 0 aliphatic carbocycles. The lowest BCUT2D eigenvalue weighted by Gasteiger charge is -2.14. The first-order chi connectivity index (χ1) is 18.5. The normalized spacial score (nSPS) is 11.7. The molecule has 1 unspecified atom stereocenters. The summed E-state index contributed by atoms with van der Waals surface area (Å²) in [5.41, 5.74) is 3.50. The zero-order valence-electron chi connectivity index (χ0n) is 21.3. The molecule has 1 atom stereocenters. The molecule has 4 aromatic rings. The van der Waals surface area contributed by atoms with Crippen molar-refractivity contribution in [2.75, 3.05) is 13.7 Å². The molecule has 194 valence electrons. The number of carbonyl (C=O) groups excluding carboxylic acids is 2. The number of nitrogens with one attached hydrogen (secondary N) is 1. The first-order valence-corrected chi connectivity index (χ1v) is 12.1. The van der Waals surface area contributed by atoms with E-state index in [1.165, 1.54) is 13.3 Å². The van der Waals surface area contributed by atoms with Gasteiger partial charge in [0.2, 0.25) is 0 Å². The van der Waals surface area contributed by atoms with Gasteiger partial charge in [0.15, 0.2) is 17.6 Å². The molecule has 0 heterocycles. The highest BCUT2D eigenvalue weighted by Gasteiger charge is 2.16. The van der Waals surface area contributed by atoms with Crippen molar-refractivity contribution in [3.63, 3.8) is 0 Å². The van der Waals surface area contributed by atoms with E-state index in [1.54, 1.807) is 49.4 Å². The van der Waals surface area contributed by atoms with Crippen molar-refractivity contribution in [1.29, 1.82) is 0 Å². The summed E-state index contributed by atoms with van der Waals surface area (Å²) in [5.74, 6) is 0.959. The molecule has 0 aromatic heterocycles. The van der Waals surface area contributed by atoms with E-state index in [0.29, 0.717) is 35.0 Å². The van der Waals surface area contributed by atoms with Gasteiger partial charge in [-0.15, -0.1) is 0 Å². The van der Waals surface area contributed by atoms with Crippen molar-refractivity contribution in [2.45, 2.75) is 20.0 Å². The van der Waals surface area contributed by atoms with E-state index in [1.807, 2.05) is 49.4 Å². The molecule has 4 aromatic carbocycles. The predicted octanol–water partition coefficient (Wildman–Crippen LogP) is 5.38. The minimum Gasteiger partial charge on any atom is -0.494 e. The van der Waals surface area contributed by atoms with Crippen LogP contribution in [0.25, 0.3) is 10.8 Å². The molecule has 0 spiro atoms. The fourth-order valence-corrected chi connectivity index (χ4v) is 3.67. The van der Waals surface area contributed by atoms with Gasteiger partial charge >= 0.3 is 5.97 Å². The Kier molecular flexibility index (Phi) is 8.56. The predicted molar refractivity (Wildman–Crippen MR) is 145 cm³/mol. The van der Waals surface area contributed by atoms with Crippen molar-refractivity contribution in [1.82, 2.24) is 5.43 Å². The van der Waals surface area contributed by atoms with Gasteiger partial charge in [-0.3, -0.25) is 4.79 Å². The first-order valence-electron chi connectivity index (χ1n) is 12.1. The summed E-state index contributed by atoms with van der Waals surface area (Å²) in [6.07, 6.45) is 0.695. The Labute approximate surface area is 220 Å². The van der Waals surface area contributed by atoms with E-state index in [9.17, 15) is 9.59 Å². The molecular weight excluding hydrogens is 484 g/mol. The smallest absolute Gasteiger partial charge is 0.343 e. The minimum atomic E-state index is -0.767. The Hall–Kier alpha value is -4.85. The second-order valence-electron chi connectivity index (χ2n) is 8.23. The quantitative estimate of drug-likeness (QED) is 0.133. The second kappa shape index (κ2) is 12.4. The largest absolute Gasteiger partial charge is 0.494 e. The Bertz CT molecular complexity index is 1440. The van der Waals surface area contributed by atoms with Crippen LogP contribution in [0.5, 0.6) is 23.0 Å². The van der Waals surface area contributed by atoms with Gasteiger partial charge in [0.1, 0.15) is 11.5 Å². The number of methoxy groups -OCH3 is 1. The van der Waals surface area contributed by atoms with Crippen LogP contribution in [0.2, 0.25) is 0 Å². The molecular formula is C30H28N2O6. The molecule has 0 radical (unpaired) electrons. The first kappa shape index (κ1) is 26.2. The molecule has 1 N–H and O–H groups in total. The number of rotatable bonds is 10. The highest BCUT2D eigenvalue weighted by molar-refractivity contribution is 5.92. The molecule has 0 bridgehead atoms. The summed E-state index contributed by atoms with van der Waals surface area (Å²) in [5, 5.41) is 5.97. The summed E-state index contributed by atoms with van der Waals surface area (Å²) in [7, 11) is 1.47. The Morgan fingerprint density at radius 3 is 2.45 bits per heavy atom. The maximum absolute atomic E-state index is 12.5. The Morgan fingerprint density at radius 2 is 1.68 bits per heavy atom. The average molecular weight is 513 g/mol. The van der Waals surface area contributed by atoms with Crippen LogP contribution in [-0.2, 0) is 4.79 Å². The van der Waals surface area contributed by atoms with Gasteiger partial charge in [0.05, 0.1) is 25.5 Å². The zero-order chi connectivity index (χ0) is 26.9. The van der Waals surface area contributed by atoms with Crippen LogP contribution in [0.4, 0.5) is 0 Å². The van der Waals surface area contributed by atoms with E-state index < -0.39 is 18.0 Å². The third kappa shape index (κ3) is 6.47. The standard InChI is InChI=1S/C30H28N2O6/c1-4-36-24-15-13-23(14-16-24)30(34)38-27-17-12-21(18-28(27)35-3)19-31-32-29(33)20(2)37-26-11-7-9-22-8-5-6-10-25(22)26/h5-20H,4H2,1-3H3,(H,32,33)/b31-19+. The lowest BCUT2D eigenvalue weighted by molar-refractivity contribution is -0.127. The maximum atomic E-state index is 12.5. The number of hydrazone groups is 1. The molecule has 4 rings (SSSR count). The fourth-order valence-electron chi connectivity index (χ4n) is 3.67. The summed E-state index contributed by atoms with van der Waals surface area (Å²) in [6, 6.07) is 25.1. The fraction of sp³-hybridized carbons (Fsp3) is 0.167. The van der Waals surface area contributed by atoms with Gasteiger partial charge in [-0.25, -0.2) is 10.2 Å². The summed E-state index contributed by atoms with van der Waals surface area (Å²) in [6.45, 7) is 4.08. The summed E-state index contributed by atoms with van der Waals surface area (Å²) < 4.78 is 22.1. The van der Waals surface area contributed by atoms with Crippen LogP contribution in [-0.4, -0.2) is 37.9 Å². The molecule has 0 saturated carbocycles. The maximum Gasteiger partial charge on any atom is 0.343 e. The van der Waals surface area contributed by atoms with E-state index in [-0.39, 0.29) is 5.75 Å². The van der Waals surface area contributed by atoms with E-state index in [2.05, 4.69) is 10.5 Å². The number of fused-ring (bicyclic) bond motifs is 1. The van der Waals surface area contributed by atoms with Gasteiger partial charge in [-0.05, 0) is 73.3 Å².